The third-order valence-electron chi connectivity index (χ3n) is 2.96. The van der Waals surface area contributed by atoms with Gasteiger partial charge in [-0.05, 0) is 43.9 Å². The average Bonchev–Trinajstić information content (AvgIpc) is 2.22. The number of benzene rings is 1. The Kier molecular flexibility index (Phi) is 5.20. The Labute approximate surface area is 123 Å². The average molecular weight is 280 g/mol. The number of hydrogen-bond donors (Lipinski definition) is 1. The molecule has 114 valence electrons. The predicted molar refractivity (Wildman–Crippen MR) is 85.7 cm³/mol. The molecule has 0 aliphatic carbocycles. The zero-order chi connectivity index (χ0) is 15.6. The second-order valence-corrected chi connectivity index (χ2v) is 7.81. The van der Waals surface area contributed by atoms with E-state index in [-0.39, 0.29) is 16.8 Å². The Hall–Kier alpha value is -1.09. The van der Waals surface area contributed by atoms with Crippen molar-refractivity contribution in [1.29, 1.82) is 0 Å². The highest BCUT2D eigenvalue weighted by Gasteiger charge is 2.17. The summed E-state index contributed by atoms with van der Waals surface area (Å²) in [6.07, 6.45) is 0. The van der Waals surface area contributed by atoms with E-state index in [9.17, 15) is 4.39 Å². The van der Waals surface area contributed by atoms with Crippen molar-refractivity contribution in [3.05, 3.63) is 29.6 Å². The first-order valence-corrected chi connectivity index (χ1v) is 7.22. The van der Waals surface area contributed by atoms with Crippen LogP contribution in [0.4, 0.5) is 10.1 Å². The maximum Gasteiger partial charge on any atom is 0.146 e. The van der Waals surface area contributed by atoms with Gasteiger partial charge in [-0.2, -0.15) is 0 Å². The van der Waals surface area contributed by atoms with Gasteiger partial charge in [-0.1, -0.05) is 26.8 Å². The van der Waals surface area contributed by atoms with Gasteiger partial charge in [0.1, 0.15) is 5.82 Å². The molecule has 20 heavy (non-hydrogen) atoms. The molecule has 1 aromatic rings. The minimum Gasteiger partial charge on any atom is -0.372 e. The highest BCUT2D eigenvalue weighted by atomic mass is 19.1. The van der Waals surface area contributed by atoms with Gasteiger partial charge < -0.3 is 10.2 Å². The minimum atomic E-state index is -0.148. The third kappa shape index (κ3) is 5.91. The van der Waals surface area contributed by atoms with Gasteiger partial charge >= 0.3 is 0 Å². The van der Waals surface area contributed by atoms with Crippen molar-refractivity contribution in [2.75, 3.05) is 18.5 Å². The van der Waals surface area contributed by atoms with Crippen LogP contribution in [0.2, 0.25) is 0 Å². The van der Waals surface area contributed by atoms with E-state index in [4.69, 9.17) is 0 Å². The molecule has 0 saturated heterocycles. The Morgan fingerprint density at radius 3 is 2.15 bits per heavy atom. The summed E-state index contributed by atoms with van der Waals surface area (Å²) in [6, 6.07) is 5.50. The van der Waals surface area contributed by atoms with Crippen molar-refractivity contribution < 1.29 is 4.39 Å². The monoisotopic (exact) mass is 280 g/mol. The Balaban J connectivity index is 2.78. The molecule has 1 N–H and O–H groups in total. The van der Waals surface area contributed by atoms with Crippen molar-refractivity contribution in [1.82, 2.24) is 5.32 Å². The summed E-state index contributed by atoms with van der Waals surface area (Å²) in [7, 11) is 1.94. The fourth-order valence-electron chi connectivity index (χ4n) is 2.13. The SMILES string of the molecule is CN(CC(C)(C)C)c1ccc(CNC(C)(C)C)cc1F. The standard InChI is InChI=1S/C17H29FN2/c1-16(2,3)12-20(7)15-9-8-13(10-14(15)18)11-19-17(4,5)6/h8-10,19H,11-12H2,1-7H3. The highest BCUT2D eigenvalue weighted by molar-refractivity contribution is 5.48. The molecule has 1 rings (SSSR count). The Morgan fingerprint density at radius 1 is 1.10 bits per heavy atom. The van der Waals surface area contributed by atoms with Gasteiger partial charge in [0.25, 0.3) is 0 Å². The van der Waals surface area contributed by atoms with Crippen LogP contribution in [-0.4, -0.2) is 19.1 Å². The van der Waals surface area contributed by atoms with E-state index in [1.165, 1.54) is 0 Å². The van der Waals surface area contributed by atoms with Crippen LogP contribution < -0.4 is 10.2 Å². The molecule has 0 aliphatic rings. The molecule has 0 aliphatic heterocycles. The van der Waals surface area contributed by atoms with Crippen molar-refractivity contribution in [2.24, 2.45) is 5.41 Å². The van der Waals surface area contributed by atoms with E-state index in [1.54, 1.807) is 6.07 Å². The van der Waals surface area contributed by atoms with Crippen molar-refractivity contribution in [2.45, 2.75) is 53.6 Å². The molecule has 0 amide bonds. The number of anilines is 1. The number of rotatable bonds is 4. The van der Waals surface area contributed by atoms with Gasteiger partial charge in [-0.15, -0.1) is 0 Å². The molecule has 0 spiro atoms. The zero-order valence-corrected chi connectivity index (χ0v) is 14.0. The highest BCUT2D eigenvalue weighted by Crippen LogP contribution is 2.24. The van der Waals surface area contributed by atoms with Crippen molar-refractivity contribution in [3.8, 4) is 0 Å². The van der Waals surface area contributed by atoms with E-state index in [2.05, 4.69) is 46.9 Å². The van der Waals surface area contributed by atoms with Crippen LogP contribution in [0, 0.1) is 11.2 Å². The summed E-state index contributed by atoms with van der Waals surface area (Å²) in [5.41, 5.74) is 1.83. The summed E-state index contributed by atoms with van der Waals surface area (Å²) in [5.74, 6) is -0.148. The molecule has 1 aromatic carbocycles. The lowest BCUT2D eigenvalue weighted by molar-refractivity contribution is 0.416. The molecule has 0 heterocycles. The van der Waals surface area contributed by atoms with E-state index >= 15 is 0 Å². The fraction of sp³-hybridized carbons (Fsp3) is 0.647. The van der Waals surface area contributed by atoms with Crippen LogP contribution in [0.1, 0.15) is 47.1 Å². The Bertz CT molecular complexity index is 441. The molecule has 2 nitrogen and oxygen atoms in total. The maximum atomic E-state index is 14.2. The fourth-order valence-corrected chi connectivity index (χ4v) is 2.13. The molecule has 0 atom stereocenters. The lowest BCUT2D eigenvalue weighted by atomic mass is 9.96. The molecule has 0 saturated carbocycles. The van der Waals surface area contributed by atoms with Crippen LogP contribution in [0.15, 0.2) is 18.2 Å². The van der Waals surface area contributed by atoms with E-state index in [1.807, 2.05) is 24.1 Å². The number of nitrogens with one attached hydrogen (secondary N) is 1. The molecule has 0 unspecified atom stereocenters. The predicted octanol–water partition coefficient (Wildman–Crippen LogP) is 4.20. The molecular formula is C17H29FN2. The summed E-state index contributed by atoms with van der Waals surface area (Å²) in [4.78, 5) is 1.98. The Morgan fingerprint density at radius 2 is 1.70 bits per heavy atom. The second-order valence-electron chi connectivity index (χ2n) is 7.81. The van der Waals surface area contributed by atoms with Gasteiger partial charge in [0, 0.05) is 25.7 Å². The molecule has 3 heteroatoms. The first kappa shape index (κ1) is 17.0. The van der Waals surface area contributed by atoms with Crippen LogP contribution >= 0.6 is 0 Å². The number of hydrogen-bond acceptors (Lipinski definition) is 2. The summed E-state index contributed by atoms with van der Waals surface area (Å²) < 4.78 is 14.2. The molecule has 0 aromatic heterocycles. The lowest BCUT2D eigenvalue weighted by Crippen LogP contribution is -2.35. The smallest absolute Gasteiger partial charge is 0.146 e. The zero-order valence-electron chi connectivity index (χ0n) is 14.0. The van der Waals surface area contributed by atoms with Crippen LogP contribution in [-0.2, 0) is 6.54 Å². The third-order valence-corrected chi connectivity index (χ3v) is 2.96. The van der Waals surface area contributed by atoms with Crippen molar-refractivity contribution >= 4 is 5.69 Å². The number of nitrogens with zero attached hydrogens (tertiary/aromatic N) is 1. The van der Waals surface area contributed by atoms with Crippen LogP contribution in [0.5, 0.6) is 0 Å². The summed E-state index contributed by atoms with van der Waals surface area (Å²) in [6.45, 7) is 14.3. The van der Waals surface area contributed by atoms with Crippen LogP contribution in [0.25, 0.3) is 0 Å². The van der Waals surface area contributed by atoms with E-state index in [0.717, 1.165) is 12.1 Å². The van der Waals surface area contributed by atoms with Crippen LogP contribution in [0.3, 0.4) is 0 Å². The van der Waals surface area contributed by atoms with Gasteiger partial charge in [0.2, 0.25) is 0 Å². The number of halogens is 1. The second kappa shape index (κ2) is 6.13. The largest absolute Gasteiger partial charge is 0.372 e. The topological polar surface area (TPSA) is 15.3 Å². The van der Waals surface area contributed by atoms with Crippen molar-refractivity contribution in [3.63, 3.8) is 0 Å². The molecule has 0 fully saturated rings. The van der Waals surface area contributed by atoms with E-state index < -0.39 is 0 Å². The summed E-state index contributed by atoms with van der Waals surface area (Å²) in [5, 5.41) is 3.37. The van der Waals surface area contributed by atoms with E-state index in [0.29, 0.717) is 12.2 Å². The quantitative estimate of drug-likeness (QED) is 0.889. The molecule has 0 bridgehead atoms. The maximum absolute atomic E-state index is 14.2. The van der Waals surface area contributed by atoms with Gasteiger partial charge in [-0.3, -0.25) is 0 Å². The summed E-state index contributed by atoms with van der Waals surface area (Å²) >= 11 is 0. The molecule has 0 radical (unpaired) electrons. The first-order valence-electron chi connectivity index (χ1n) is 7.22. The van der Waals surface area contributed by atoms with Gasteiger partial charge in [0.15, 0.2) is 0 Å². The first-order chi connectivity index (χ1) is 8.98. The van der Waals surface area contributed by atoms with Gasteiger partial charge in [-0.25, -0.2) is 4.39 Å². The normalized spacial score (nSPS) is 12.6. The molecular weight excluding hydrogens is 251 g/mol. The minimum absolute atomic E-state index is 0.0399. The lowest BCUT2D eigenvalue weighted by Gasteiger charge is -2.28. The van der Waals surface area contributed by atoms with Gasteiger partial charge in [0.05, 0.1) is 5.69 Å².